The monoisotopic (exact) mass is 380 g/mol. The third-order valence-corrected chi connectivity index (χ3v) is 4.63. The Balaban J connectivity index is 1.75. The molecule has 0 spiro atoms. The summed E-state index contributed by atoms with van der Waals surface area (Å²) in [6.45, 7) is 1.65. The minimum Gasteiger partial charge on any atom is -0.338 e. The van der Waals surface area contributed by atoms with Crippen molar-refractivity contribution in [2.45, 2.75) is 25.9 Å². The molecule has 7 nitrogen and oxygen atoms in total. The number of benzene rings is 2. The number of nitrogens with zero attached hydrogens (tertiary/aromatic N) is 2. The van der Waals surface area contributed by atoms with Crippen molar-refractivity contribution in [2.75, 3.05) is 13.1 Å². The predicted octanol–water partition coefficient (Wildman–Crippen LogP) is 1.46. The van der Waals surface area contributed by atoms with Crippen molar-refractivity contribution in [1.29, 1.82) is 0 Å². The molecule has 28 heavy (non-hydrogen) atoms. The number of amides is 1. The summed E-state index contributed by atoms with van der Waals surface area (Å²) in [6, 6.07) is 16.4. The zero-order valence-electron chi connectivity index (χ0n) is 15.6. The highest BCUT2D eigenvalue weighted by atomic mass is 16.2. The zero-order chi connectivity index (χ0) is 19.9. The lowest BCUT2D eigenvalue weighted by molar-refractivity contribution is -0.132. The molecule has 146 valence electrons. The van der Waals surface area contributed by atoms with E-state index in [1.807, 2.05) is 30.3 Å². The minimum absolute atomic E-state index is 0.0850. The highest BCUT2D eigenvalue weighted by Crippen LogP contribution is 2.08. The molecule has 7 heteroatoms. The van der Waals surface area contributed by atoms with Crippen LogP contribution in [0.4, 0.5) is 0 Å². The first kappa shape index (κ1) is 19.6. The average Bonchev–Trinajstić information content (AvgIpc) is 2.73. The lowest BCUT2D eigenvalue weighted by atomic mass is 10.2. The molecule has 3 aromatic rings. The summed E-state index contributed by atoms with van der Waals surface area (Å²) >= 11 is 0. The Kier molecular flexibility index (Phi) is 6.39. The number of rotatable bonds is 8. The number of aryl methyl sites for hydroxylation is 1. The Labute approximate surface area is 162 Å². The van der Waals surface area contributed by atoms with E-state index in [-0.39, 0.29) is 30.0 Å². The molecule has 3 N–H and O–H groups in total. The Morgan fingerprint density at radius 3 is 2.39 bits per heavy atom. The quantitative estimate of drug-likeness (QED) is 0.618. The van der Waals surface area contributed by atoms with Crippen molar-refractivity contribution in [1.82, 2.24) is 14.7 Å². The van der Waals surface area contributed by atoms with E-state index >= 15 is 0 Å². The number of nitrogens with two attached hydrogens (primary N) is 1. The highest BCUT2D eigenvalue weighted by Gasteiger charge is 2.15. The third kappa shape index (κ3) is 4.55. The van der Waals surface area contributed by atoms with Crippen LogP contribution in [0, 0.1) is 0 Å². The number of hydrogen-bond donors (Lipinski definition) is 2. The summed E-state index contributed by atoms with van der Waals surface area (Å²) < 4.78 is 1.21. The van der Waals surface area contributed by atoms with Crippen LogP contribution in [0.5, 0.6) is 0 Å². The fourth-order valence-electron chi connectivity index (χ4n) is 3.15. The van der Waals surface area contributed by atoms with Gasteiger partial charge < -0.3 is 10.6 Å². The SMILES string of the molecule is NCCCN(Cc1ccccc1)C(=O)CCn1[nH]c(=O)c2ccccc2c1=O. The van der Waals surface area contributed by atoms with Gasteiger partial charge in [-0.3, -0.25) is 19.5 Å². The molecule has 1 amide bonds. The topological polar surface area (TPSA) is 101 Å². The van der Waals surface area contributed by atoms with Gasteiger partial charge in [0.05, 0.1) is 17.3 Å². The van der Waals surface area contributed by atoms with Gasteiger partial charge in [0.25, 0.3) is 11.1 Å². The van der Waals surface area contributed by atoms with Crippen LogP contribution in [-0.2, 0) is 17.9 Å². The smallest absolute Gasteiger partial charge is 0.273 e. The van der Waals surface area contributed by atoms with Crippen LogP contribution in [0.15, 0.2) is 64.2 Å². The maximum Gasteiger partial charge on any atom is 0.273 e. The van der Waals surface area contributed by atoms with Gasteiger partial charge in [-0.25, -0.2) is 4.68 Å². The largest absolute Gasteiger partial charge is 0.338 e. The first-order chi connectivity index (χ1) is 13.6. The third-order valence-electron chi connectivity index (χ3n) is 4.63. The molecule has 0 saturated heterocycles. The van der Waals surface area contributed by atoms with Gasteiger partial charge in [0.1, 0.15) is 0 Å². The van der Waals surface area contributed by atoms with E-state index in [1.165, 1.54) is 4.68 Å². The molecule has 0 saturated carbocycles. The molecule has 0 bridgehead atoms. The van der Waals surface area contributed by atoms with Crippen molar-refractivity contribution < 1.29 is 4.79 Å². The summed E-state index contributed by atoms with van der Waals surface area (Å²) in [4.78, 5) is 39.3. The summed E-state index contributed by atoms with van der Waals surface area (Å²) in [6.07, 6.45) is 0.816. The molecular formula is C21H24N4O3. The number of aromatic amines is 1. The number of fused-ring (bicyclic) bond motifs is 1. The number of H-pyrrole nitrogens is 1. The van der Waals surface area contributed by atoms with E-state index < -0.39 is 0 Å². The number of hydrogen-bond acceptors (Lipinski definition) is 4. The van der Waals surface area contributed by atoms with Crippen LogP contribution in [0.1, 0.15) is 18.4 Å². The molecule has 0 fully saturated rings. The Morgan fingerprint density at radius 1 is 1.00 bits per heavy atom. The van der Waals surface area contributed by atoms with Crippen molar-refractivity contribution in [3.8, 4) is 0 Å². The minimum atomic E-state index is -0.341. The van der Waals surface area contributed by atoms with E-state index in [2.05, 4.69) is 5.10 Å². The molecule has 1 heterocycles. The predicted molar refractivity (Wildman–Crippen MR) is 109 cm³/mol. The van der Waals surface area contributed by atoms with Gasteiger partial charge in [0.15, 0.2) is 0 Å². The lowest BCUT2D eigenvalue weighted by Gasteiger charge is -2.23. The fourth-order valence-corrected chi connectivity index (χ4v) is 3.15. The molecule has 2 aromatic carbocycles. The van der Waals surface area contributed by atoms with Gasteiger partial charge in [-0.1, -0.05) is 42.5 Å². The van der Waals surface area contributed by atoms with Crippen molar-refractivity contribution >= 4 is 16.7 Å². The molecule has 0 aliphatic carbocycles. The lowest BCUT2D eigenvalue weighted by Crippen LogP contribution is -2.35. The van der Waals surface area contributed by atoms with E-state index in [1.54, 1.807) is 29.2 Å². The molecule has 0 unspecified atom stereocenters. The molecule has 0 aliphatic heterocycles. The van der Waals surface area contributed by atoms with Gasteiger partial charge in [-0.2, -0.15) is 0 Å². The number of nitrogens with one attached hydrogen (secondary N) is 1. The molecule has 3 rings (SSSR count). The Morgan fingerprint density at radius 2 is 1.68 bits per heavy atom. The second kappa shape index (κ2) is 9.14. The highest BCUT2D eigenvalue weighted by molar-refractivity contribution is 5.80. The van der Waals surface area contributed by atoms with Crippen LogP contribution in [0.25, 0.3) is 10.8 Å². The summed E-state index contributed by atoms with van der Waals surface area (Å²) in [5, 5.41) is 3.26. The van der Waals surface area contributed by atoms with Crippen LogP contribution < -0.4 is 16.9 Å². The first-order valence-electron chi connectivity index (χ1n) is 9.34. The van der Waals surface area contributed by atoms with E-state index in [4.69, 9.17) is 5.73 Å². The van der Waals surface area contributed by atoms with Gasteiger partial charge in [-0.15, -0.1) is 0 Å². The Bertz CT molecular complexity index is 1060. The van der Waals surface area contributed by atoms with E-state index in [0.717, 1.165) is 5.56 Å². The van der Waals surface area contributed by atoms with E-state index in [9.17, 15) is 14.4 Å². The van der Waals surface area contributed by atoms with Gasteiger partial charge >= 0.3 is 0 Å². The maximum absolute atomic E-state index is 12.8. The van der Waals surface area contributed by atoms with Crippen LogP contribution in [0.3, 0.4) is 0 Å². The number of carbonyl (C=O) groups is 1. The second-order valence-electron chi connectivity index (χ2n) is 6.64. The second-order valence-corrected chi connectivity index (χ2v) is 6.64. The molecular weight excluding hydrogens is 356 g/mol. The van der Waals surface area contributed by atoms with Gasteiger partial charge in [-0.05, 0) is 30.7 Å². The molecule has 1 aromatic heterocycles. The average molecular weight is 380 g/mol. The standard InChI is InChI=1S/C21H24N4O3/c22-12-6-13-24(15-16-7-2-1-3-8-16)19(26)11-14-25-21(28)18-10-5-4-9-17(18)20(27)23-25/h1-5,7-10H,6,11-15,22H2,(H,23,27). The molecule has 0 atom stereocenters. The van der Waals surface area contributed by atoms with Crippen LogP contribution in [-0.4, -0.2) is 33.7 Å². The number of carbonyl (C=O) groups excluding carboxylic acids is 1. The molecule has 0 radical (unpaired) electrons. The summed E-state index contributed by atoms with van der Waals surface area (Å²) in [5.74, 6) is -0.0850. The van der Waals surface area contributed by atoms with Crippen LogP contribution >= 0.6 is 0 Å². The number of aromatic nitrogens is 2. The van der Waals surface area contributed by atoms with Gasteiger partial charge in [0, 0.05) is 19.5 Å². The van der Waals surface area contributed by atoms with Crippen molar-refractivity contribution in [3.63, 3.8) is 0 Å². The van der Waals surface area contributed by atoms with Gasteiger partial charge in [0.2, 0.25) is 5.91 Å². The van der Waals surface area contributed by atoms with Crippen molar-refractivity contribution in [3.05, 3.63) is 80.9 Å². The normalized spacial score (nSPS) is 10.9. The maximum atomic E-state index is 12.8. The molecule has 0 aliphatic rings. The zero-order valence-corrected chi connectivity index (χ0v) is 15.6. The Hall–Kier alpha value is -3.19. The van der Waals surface area contributed by atoms with E-state index in [0.29, 0.717) is 36.8 Å². The fraction of sp³-hybridized carbons (Fsp3) is 0.286. The summed E-state index contributed by atoms with van der Waals surface area (Å²) in [5.41, 5.74) is 5.99. The van der Waals surface area contributed by atoms with Crippen molar-refractivity contribution in [2.24, 2.45) is 5.73 Å². The van der Waals surface area contributed by atoms with Crippen LogP contribution in [0.2, 0.25) is 0 Å². The summed E-state index contributed by atoms with van der Waals surface area (Å²) in [7, 11) is 0. The first-order valence-corrected chi connectivity index (χ1v) is 9.34.